The van der Waals surface area contributed by atoms with Gasteiger partial charge in [0, 0.05) is 16.5 Å². The highest BCUT2D eigenvalue weighted by Crippen LogP contribution is 2.08. The summed E-state index contributed by atoms with van der Waals surface area (Å²) in [5.41, 5.74) is 1.14. The minimum atomic E-state index is -0.172. The number of carbonyl (C=O) groups is 1. The first-order valence-corrected chi connectivity index (χ1v) is 6.08. The van der Waals surface area contributed by atoms with Crippen molar-refractivity contribution in [3.05, 3.63) is 34.9 Å². The van der Waals surface area contributed by atoms with Gasteiger partial charge in [0.15, 0.2) is 6.04 Å². The van der Waals surface area contributed by atoms with Crippen LogP contribution in [0.2, 0.25) is 5.02 Å². The molecule has 0 aliphatic carbocycles. The van der Waals surface area contributed by atoms with Crippen molar-refractivity contribution >= 4 is 17.6 Å². The van der Waals surface area contributed by atoms with Gasteiger partial charge in [0.1, 0.15) is 6.54 Å². The summed E-state index contributed by atoms with van der Waals surface area (Å²) < 4.78 is 4.79. The number of esters is 1. The third kappa shape index (κ3) is 4.36. The summed E-state index contributed by atoms with van der Waals surface area (Å²) in [6.07, 6.45) is 0. The number of halogens is 1. The lowest BCUT2D eigenvalue weighted by Crippen LogP contribution is -2.91. The zero-order valence-corrected chi connectivity index (χ0v) is 11.2. The molecular formula is C13H19ClNO2+. The van der Waals surface area contributed by atoms with Gasteiger partial charge >= 0.3 is 5.97 Å². The normalized spacial score (nSPS) is 12.5. The fraction of sp³-hybridized carbons (Fsp3) is 0.462. The average molecular weight is 257 g/mol. The molecule has 0 amide bonds. The minimum Gasteiger partial charge on any atom is -0.465 e. The molecule has 3 nitrogen and oxygen atoms in total. The van der Waals surface area contributed by atoms with Crippen molar-refractivity contribution in [2.24, 2.45) is 5.92 Å². The van der Waals surface area contributed by atoms with Gasteiger partial charge < -0.3 is 10.1 Å². The maximum absolute atomic E-state index is 11.6. The third-order valence-corrected chi connectivity index (χ3v) is 2.96. The van der Waals surface area contributed by atoms with Gasteiger partial charge in [-0.3, -0.25) is 0 Å². The Hall–Kier alpha value is -1.06. The SMILES string of the molecule is COC(=O)[C@H]([NH2+]Cc1ccc(Cl)cc1)C(C)C. The highest BCUT2D eigenvalue weighted by Gasteiger charge is 2.26. The molecule has 0 unspecified atom stereocenters. The van der Waals surface area contributed by atoms with E-state index < -0.39 is 0 Å². The predicted octanol–water partition coefficient (Wildman–Crippen LogP) is 1.60. The van der Waals surface area contributed by atoms with Crippen LogP contribution in [0, 0.1) is 5.92 Å². The Labute approximate surface area is 107 Å². The molecule has 0 spiro atoms. The van der Waals surface area contributed by atoms with Crippen LogP contribution < -0.4 is 5.32 Å². The number of carbonyl (C=O) groups excluding carboxylic acids is 1. The van der Waals surface area contributed by atoms with Crippen LogP contribution in [-0.2, 0) is 16.1 Å². The number of hydrogen-bond donors (Lipinski definition) is 1. The summed E-state index contributed by atoms with van der Waals surface area (Å²) in [5.74, 6) is 0.0729. The Morgan fingerprint density at radius 1 is 1.35 bits per heavy atom. The van der Waals surface area contributed by atoms with Gasteiger partial charge in [0.2, 0.25) is 0 Å². The standard InChI is InChI=1S/C13H18ClNO2/c1-9(2)12(13(16)17-3)15-8-10-4-6-11(14)7-5-10/h4-7,9,12,15H,8H2,1-3H3/p+1/t12-/m1/s1. The lowest BCUT2D eigenvalue weighted by atomic mass is 10.0. The number of quaternary nitrogens is 1. The summed E-state index contributed by atoms with van der Waals surface area (Å²) in [6.45, 7) is 4.77. The Morgan fingerprint density at radius 2 is 1.94 bits per heavy atom. The van der Waals surface area contributed by atoms with Gasteiger partial charge in [0.05, 0.1) is 7.11 Å². The van der Waals surface area contributed by atoms with Gasteiger partial charge in [-0.15, -0.1) is 0 Å². The summed E-state index contributed by atoms with van der Waals surface area (Å²) in [5, 5.41) is 2.72. The van der Waals surface area contributed by atoms with E-state index in [1.807, 2.05) is 43.4 Å². The van der Waals surface area contributed by atoms with Crippen molar-refractivity contribution in [1.82, 2.24) is 0 Å². The number of nitrogens with two attached hydrogens (primary N) is 1. The molecule has 0 aliphatic heterocycles. The second kappa shape index (κ2) is 6.62. The van der Waals surface area contributed by atoms with E-state index in [1.165, 1.54) is 7.11 Å². The molecule has 1 aromatic rings. The van der Waals surface area contributed by atoms with Crippen LogP contribution in [0.25, 0.3) is 0 Å². The summed E-state index contributed by atoms with van der Waals surface area (Å²) in [6, 6.07) is 7.48. The molecule has 1 atom stereocenters. The monoisotopic (exact) mass is 256 g/mol. The molecule has 0 saturated heterocycles. The molecule has 1 rings (SSSR count). The fourth-order valence-electron chi connectivity index (χ4n) is 1.66. The maximum atomic E-state index is 11.6. The van der Waals surface area contributed by atoms with E-state index in [0.717, 1.165) is 17.1 Å². The minimum absolute atomic E-state index is 0.157. The first-order chi connectivity index (χ1) is 8.04. The molecule has 0 heterocycles. The molecule has 0 aromatic heterocycles. The van der Waals surface area contributed by atoms with Gasteiger partial charge in [-0.25, -0.2) is 4.79 Å². The van der Waals surface area contributed by atoms with Crippen LogP contribution in [0.1, 0.15) is 19.4 Å². The summed E-state index contributed by atoms with van der Waals surface area (Å²) in [7, 11) is 1.42. The van der Waals surface area contributed by atoms with E-state index in [9.17, 15) is 4.79 Å². The molecule has 2 N–H and O–H groups in total. The zero-order valence-electron chi connectivity index (χ0n) is 10.4. The van der Waals surface area contributed by atoms with Crippen LogP contribution in [0.4, 0.5) is 0 Å². The van der Waals surface area contributed by atoms with E-state index in [2.05, 4.69) is 0 Å². The predicted molar refractivity (Wildman–Crippen MR) is 67.7 cm³/mol. The maximum Gasteiger partial charge on any atom is 0.364 e. The number of ether oxygens (including phenoxy) is 1. The van der Waals surface area contributed by atoms with E-state index in [-0.39, 0.29) is 17.9 Å². The molecule has 94 valence electrons. The topological polar surface area (TPSA) is 42.9 Å². The largest absolute Gasteiger partial charge is 0.465 e. The Balaban J connectivity index is 2.58. The first kappa shape index (κ1) is 14.0. The lowest BCUT2D eigenvalue weighted by Gasteiger charge is -2.16. The van der Waals surface area contributed by atoms with Crippen LogP contribution >= 0.6 is 11.6 Å². The summed E-state index contributed by atoms with van der Waals surface area (Å²) >= 11 is 5.81. The highest BCUT2D eigenvalue weighted by atomic mass is 35.5. The van der Waals surface area contributed by atoms with Crippen LogP contribution in [0.5, 0.6) is 0 Å². The average Bonchev–Trinajstić information content (AvgIpc) is 2.31. The van der Waals surface area contributed by atoms with Crippen molar-refractivity contribution in [2.45, 2.75) is 26.4 Å². The van der Waals surface area contributed by atoms with Crippen LogP contribution in [-0.4, -0.2) is 19.1 Å². The van der Waals surface area contributed by atoms with Crippen molar-refractivity contribution in [3.63, 3.8) is 0 Å². The molecule has 0 bridgehead atoms. The quantitative estimate of drug-likeness (QED) is 0.814. The molecule has 17 heavy (non-hydrogen) atoms. The van der Waals surface area contributed by atoms with Crippen LogP contribution in [0.3, 0.4) is 0 Å². The lowest BCUT2D eigenvalue weighted by molar-refractivity contribution is -0.698. The fourth-order valence-corrected chi connectivity index (χ4v) is 1.79. The van der Waals surface area contributed by atoms with Gasteiger partial charge in [0.25, 0.3) is 0 Å². The van der Waals surface area contributed by atoms with Gasteiger partial charge in [-0.05, 0) is 12.1 Å². The van der Waals surface area contributed by atoms with E-state index in [4.69, 9.17) is 16.3 Å². The van der Waals surface area contributed by atoms with E-state index in [0.29, 0.717) is 0 Å². The Morgan fingerprint density at radius 3 is 2.41 bits per heavy atom. The zero-order chi connectivity index (χ0) is 12.8. The smallest absolute Gasteiger partial charge is 0.364 e. The van der Waals surface area contributed by atoms with Gasteiger partial charge in [-0.2, -0.15) is 0 Å². The number of benzene rings is 1. The second-order valence-electron chi connectivity index (χ2n) is 4.36. The van der Waals surface area contributed by atoms with Crippen molar-refractivity contribution in [2.75, 3.05) is 7.11 Å². The van der Waals surface area contributed by atoms with Crippen molar-refractivity contribution in [1.29, 1.82) is 0 Å². The molecule has 0 radical (unpaired) electrons. The van der Waals surface area contributed by atoms with Crippen molar-refractivity contribution in [3.8, 4) is 0 Å². The second-order valence-corrected chi connectivity index (χ2v) is 4.80. The number of methoxy groups -OCH3 is 1. The van der Waals surface area contributed by atoms with Crippen LogP contribution in [0.15, 0.2) is 24.3 Å². The molecule has 0 aliphatic rings. The molecule has 4 heteroatoms. The molecule has 1 aromatic carbocycles. The number of hydrogen-bond acceptors (Lipinski definition) is 2. The third-order valence-electron chi connectivity index (χ3n) is 2.71. The highest BCUT2D eigenvalue weighted by molar-refractivity contribution is 6.30. The van der Waals surface area contributed by atoms with Crippen molar-refractivity contribution < 1.29 is 14.8 Å². The molecular weight excluding hydrogens is 238 g/mol. The summed E-state index contributed by atoms with van der Waals surface area (Å²) in [4.78, 5) is 11.6. The van der Waals surface area contributed by atoms with Gasteiger partial charge in [-0.1, -0.05) is 37.6 Å². The molecule has 0 saturated carbocycles. The first-order valence-electron chi connectivity index (χ1n) is 5.70. The Kier molecular flexibility index (Phi) is 5.45. The van der Waals surface area contributed by atoms with E-state index >= 15 is 0 Å². The van der Waals surface area contributed by atoms with E-state index in [1.54, 1.807) is 0 Å². The molecule has 0 fully saturated rings. The number of rotatable bonds is 5. The Bertz CT molecular complexity index is 362.